The standard InChI is InChI=1S/C22H26N2O2/c25-21-7-6-18-8-10-24(11-9-19(18)14-21)22(26)23-15-16-12-20(13-16)17-4-2-1-3-5-17/h1-7,14,16,20,25H,8-13,15H2,(H,23,26). The van der Waals surface area contributed by atoms with E-state index in [1.165, 1.54) is 11.1 Å². The Bertz CT molecular complexity index is 769. The van der Waals surface area contributed by atoms with Crippen molar-refractivity contribution in [3.05, 3.63) is 65.2 Å². The highest BCUT2D eigenvalue weighted by atomic mass is 16.3. The fraction of sp³-hybridized carbons (Fsp3) is 0.409. The Morgan fingerprint density at radius 2 is 1.77 bits per heavy atom. The van der Waals surface area contributed by atoms with Crippen LogP contribution in [0.4, 0.5) is 4.79 Å². The van der Waals surface area contributed by atoms with Crippen LogP contribution in [0.1, 0.15) is 35.4 Å². The molecule has 4 rings (SSSR count). The van der Waals surface area contributed by atoms with Gasteiger partial charge in [-0.25, -0.2) is 4.79 Å². The van der Waals surface area contributed by atoms with Gasteiger partial charge in [0.1, 0.15) is 5.75 Å². The first kappa shape index (κ1) is 17.0. The lowest BCUT2D eigenvalue weighted by molar-refractivity contribution is 0.190. The molecule has 4 nitrogen and oxygen atoms in total. The number of carbonyl (C=O) groups is 1. The number of hydrogen-bond acceptors (Lipinski definition) is 2. The molecule has 0 bridgehead atoms. The predicted molar refractivity (Wildman–Crippen MR) is 102 cm³/mol. The molecule has 4 heteroatoms. The normalized spacial score (nSPS) is 22.1. The van der Waals surface area contributed by atoms with Gasteiger partial charge in [0.2, 0.25) is 0 Å². The van der Waals surface area contributed by atoms with Crippen LogP contribution in [0.3, 0.4) is 0 Å². The zero-order valence-corrected chi connectivity index (χ0v) is 15.0. The van der Waals surface area contributed by atoms with Crippen LogP contribution in [0, 0.1) is 5.92 Å². The van der Waals surface area contributed by atoms with Crippen molar-refractivity contribution in [2.45, 2.75) is 31.6 Å². The topological polar surface area (TPSA) is 52.6 Å². The van der Waals surface area contributed by atoms with Crippen molar-refractivity contribution in [2.24, 2.45) is 5.92 Å². The van der Waals surface area contributed by atoms with Gasteiger partial charge in [-0.05, 0) is 66.3 Å². The van der Waals surface area contributed by atoms with E-state index in [0.29, 0.717) is 24.1 Å². The minimum atomic E-state index is 0.0465. The Labute approximate surface area is 154 Å². The number of fused-ring (bicyclic) bond motifs is 1. The molecule has 1 fully saturated rings. The molecule has 0 saturated heterocycles. The summed E-state index contributed by atoms with van der Waals surface area (Å²) < 4.78 is 0. The Morgan fingerprint density at radius 1 is 1.04 bits per heavy atom. The van der Waals surface area contributed by atoms with Gasteiger partial charge in [0, 0.05) is 19.6 Å². The smallest absolute Gasteiger partial charge is 0.317 e. The molecule has 1 heterocycles. The van der Waals surface area contributed by atoms with Crippen LogP contribution < -0.4 is 5.32 Å². The van der Waals surface area contributed by atoms with E-state index < -0.39 is 0 Å². The molecule has 2 aliphatic rings. The van der Waals surface area contributed by atoms with Gasteiger partial charge in [0.25, 0.3) is 0 Å². The molecule has 2 aromatic rings. The van der Waals surface area contributed by atoms with Gasteiger partial charge in [-0.3, -0.25) is 0 Å². The summed E-state index contributed by atoms with van der Waals surface area (Å²) in [6.07, 6.45) is 3.98. The van der Waals surface area contributed by atoms with Crippen LogP contribution in [0.2, 0.25) is 0 Å². The van der Waals surface area contributed by atoms with Gasteiger partial charge in [-0.15, -0.1) is 0 Å². The van der Waals surface area contributed by atoms with Crippen LogP contribution in [-0.4, -0.2) is 35.7 Å². The van der Waals surface area contributed by atoms with Crippen molar-refractivity contribution >= 4 is 6.03 Å². The van der Waals surface area contributed by atoms with Gasteiger partial charge in [0.15, 0.2) is 0 Å². The maximum atomic E-state index is 12.5. The summed E-state index contributed by atoms with van der Waals surface area (Å²) in [5, 5.41) is 12.8. The zero-order valence-electron chi connectivity index (χ0n) is 15.0. The first-order valence-corrected chi connectivity index (χ1v) is 9.57. The molecule has 2 N–H and O–H groups in total. The summed E-state index contributed by atoms with van der Waals surface area (Å²) in [7, 11) is 0. The fourth-order valence-electron chi connectivity index (χ4n) is 4.16. The second kappa shape index (κ2) is 7.40. The Hall–Kier alpha value is -2.49. The summed E-state index contributed by atoms with van der Waals surface area (Å²) in [6, 6.07) is 16.2. The van der Waals surface area contributed by atoms with Gasteiger partial charge in [-0.2, -0.15) is 0 Å². The van der Waals surface area contributed by atoms with E-state index in [-0.39, 0.29) is 6.03 Å². The van der Waals surface area contributed by atoms with Gasteiger partial charge >= 0.3 is 6.03 Å². The maximum Gasteiger partial charge on any atom is 0.317 e. The molecule has 1 saturated carbocycles. The van der Waals surface area contributed by atoms with Crippen molar-refractivity contribution < 1.29 is 9.90 Å². The largest absolute Gasteiger partial charge is 0.508 e. The van der Waals surface area contributed by atoms with Crippen molar-refractivity contribution in [2.75, 3.05) is 19.6 Å². The maximum absolute atomic E-state index is 12.5. The second-order valence-electron chi connectivity index (χ2n) is 7.57. The lowest BCUT2D eigenvalue weighted by Crippen LogP contribution is -2.44. The van der Waals surface area contributed by atoms with Gasteiger partial charge in [-0.1, -0.05) is 36.4 Å². The highest BCUT2D eigenvalue weighted by Gasteiger charge is 2.30. The number of carbonyl (C=O) groups excluding carboxylic acids is 1. The Balaban J connectivity index is 1.24. The summed E-state index contributed by atoms with van der Waals surface area (Å²) in [6.45, 7) is 2.22. The number of nitrogens with zero attached hydrogens (tertiary/aromatic N) is 1. The quantitative estimate of drug-likeness (QED) is 0.887. The van der Waals surface area contributed by atoms with Crippen LogP contribution in [0.25, 0.3) is 0 Å². The molecular formula is C22H26N2O2. The molecule has 1 aliphatic carbocycles. The summed E-state index contributed by atoms with van der Waals surface area (Å²) in [4.78, 5) is 14.4. The lowest BCUT2D eigenvalue weighted by atomic mass is 9.71. The average molecular weight is 350 g/mol. The number of aromatic hydroxyl groups is 1. The van der Waals surface area contributed by atoms with Gasteiger partial charge in [0.05, 0.1) is 0 Å². The minimum Gasteiger partial charge on any atom is -0.508 e. The molecule has 0 radical (unpaired) electrons. The fourth-order valence-corrected chi connectivity index (χ4v) is 4.16. The highest BCUT2D eigenvalue weighted by Crippen LogP contribution is 2.41. The van der Waals surface area contributed by atoms with Crippen molar-refractivity contribution in [1.29, 1.82) is 0 Å². The van der Waals surface area contributed by atoms with Crippen LogP contribution >= 0.6 is 0 Å². The first-order chi connectivity index (χ1) is 12.7. The van der Waals surface area contributed by atoms with Gasteiger partial charge < -0.3 is 15.3 Å². The number of rotatable bonds is 3. The van der Waals surface area contributed by atoms with Crippen LogP contribution in [0.15, 0.2) is 48.5 Å². The van der Waals surface area contributed by atoms with Crippen molar-refractivity contribution in [3.8, 4) is 5.75 Å². The molecule has 0 unspecified atom stereocenters. The molecule has 1 aliphatic heterocycles. The number of amides is 2. The minimum absolute atomic E-state index is 0.0465. The summed E-state index contributed by atoms with van der Waals surface area (Å²) in [5.74, 6) is 1.54. The predicted octanol–water partition coefficient (Wildman–Crippen LogP) is 3.70. The number of phenolic OH excluding ortho intramolecular Hbond substituents is 1. The molecule has 0 atom stereocenters. The van der Waals surface area contributed by atoms with Crippen molar-refractivity contribution in [1.82, 2.24) is 10.2 Å². The van der Waals surface area contributed by atoms with E-state index in [9.17, 15) is 9.90 Å². The molecule has 2 aromatic carbocycles. The van der Waals surface area contributed by atoms with E-state index >= 15 is 0 Å². The molecule has 2 amide bonds. The third-order valence-electron chi connectivity index (χ3n) is 5.83. The average Bonchev–Trinajstić information content (AvgIpc) is 2.83. The third-order valence-corrected chi connectivity index (χ3v) is 5.83. The molecule has 26 heavy (non-hydrogen) atoms. The number of nitrogens with one attached hydrogen (secondary N) is 1. The SMILES string of the molecule is O=C(NCC1CC(c2ccccc2)C1)N1CCc2ccc(O)cc2CC1. The van der Waals surface area contributed by atoms with E-state index in [2.05, 4.69) is 35.6 Å². The van der Waals surface area contributed by atoms with E-state index in [0.717, 1.165) is 44.3 Å². The van der Waals surface area contributed by atoms with E-state index in [1.807, 2.05) is 17.0 Å². The molecule has 0 spiro atoms. The third kappa shape index (κ3) is 3.69. The Kier molecular flexibility index (Phi) is 4.83. The van der Waals surface area contributed by atoms with Crippen molar-refractivity contribution in [3.63, 3.8) is 0 Å². The molecule has 136 valence electrons. The van der Waals surface area contributed by atoms with E-state index in [4.69, 9.17) is 0 Å². The number of phenols is 1. The number of hydrogen-bond donors (Lipinski definition) is 2. The number of urea groups is 1. The molecular weight excluding hydrogens is 324 g/mol. The van der Waals surface area contributed by atoms with Crippen LogP contribution in [-0.2, 0) is 12.8 Å². The Morgan fingerprint density at radius 3 is 2.54 bits per heavy atom. The molecule has 0 aromatic heterocycles. The van der Waals surface area contributed by atoms with E-state index in [1.54, 1.807) is 6.07 Å². The lowest BCUT2D eigenvalue weighted by Gasteiger charge is -2.36. The first-order valence-electron chi connectivity index (χ1n) is 9.57. The second-order valence-corrected chi connectivity index (χ2v) is 7.57. The summed E-state index contributed by atoms with van der Waals surface area (Å²) in [5.41, 5.74) is 3.82. The van der Waals surface area contributed by atoms with Crippen LogP contribution in [0.5, 0.6) is 5.75 Å². The number of benzene rings is 2. The summed E-state index contributed by atoms with van der Waals surface area (Å²) >= 11 is 0. The highest BCUT2D eigenvalue weighted by molar-refractivity contribution is 5.74. The monoisotopic (exact) mass is 350 g/mol. The zero-order chi connectivity index (χ0) is 17.9.